The summed E-state index contributed by atoms with van der Waals surface area (Å²) in [6.07, 6.45) is -0.188. The third kappa shape index (κ3) is 5.60. The number of nitrogens with one attached hydrogen (secondary N) is 2. The molecule has 1 atom stereocenters. The molecule has 0 heterocycles. The minimum Gasteiger partial charge on any atom is -0.466 e. The SMILES string of the molecule is CCOC(=O)C[C@@H](NC(=O)C(=O)Nc1cc(F)ccc1F)c1ccccc1C. The van der Waals surface area contributed by atoms with Gasteiger partial charge < -0.3 is 15.4 Å². The second kappa shape index (κ2) is 9.59. The second-order valence-corrected chi connectivity index (χ2v) is 5.97. The highest BCUT2D eigenvalue weighted by atomic mass is 19.1. The largest absolute Gasteiger partial charge is 0.466 e. The van der Waals surface area contributed by atoms with Crippen molar-refractivity contribution in [1.29, 1.82) is 0 Å². The predicted octanol–water partition coefficient (Wildman–Crippen LogP) is 3.02. The smallest absolute Gasteiger partial charge is 0.313 e. The van der Waals surface area contributed by atoms with Crippen LogP contribution in [0.25, 0.3) is 0 Å². The van der Waals surface area contributed by atoms with Crippen LogP contribution in [0.1, 0.15) is 30.5 Å². The van der Waals surface area contributed by atoms with E-state index < -0.39 is 41.1 Å². The molecule has 0 saturated carbocycles. The molecule has 0 aliphatic heterocycles. The first-order valence-corrected chi connectivity index (χ1v) is 8.59. The Kier molecular flexibility index (Phi) is 7.20. The Bertz CT molecular complexity index is 886. The lowest BCUT2D eigenvalue weighted by molar-refractivity contribution is -0.144. The molecule has 0 radical (unpaired) electrons. The Morgan fingerprint density at radius 1 is 1.07 bits per heavy atom. The Labute approximate surface area is 160 Å². The molecule has 2 rings (SSSR count). The lowest BCUT2D eigenvalue weighted by atomic mass is 9.98. The Hall–Kier alpha value is -3.29. The molecule has 0 aliphatic rings. The van der Waals surface area contributed by atoms with Crippen LogP contribution in [0.15, 0.2) is 42.5 Å². The molecular formula is C20H20F2N2O4. The zero-order valence-corrected chi connectivity index (χ0v) is 15.4. The summed E-state index contributed by atoms with van der Waals surface area (Å²) in [6, 6.07) is 8.69. The zero-order valence-electron chi connectivity index (χ0n) is 15.4. The average Bonchev–Trinajstić information content (AvgIpc) is 2.64. The topological polar surface area (TPSA) is 84.5 Å². The van der Waals surface area contributed by atoms with Gasteiger partial charge in [-0.1, -0.05) is 24.3 Å². The van der Waals surface area contributed by atoms with Crippen molar-refractivity contribution < 1.29 is 27.9 Å². The summed E-state index contributed by atoms with van der Waals surface area (Å²) in [4.78, 5) is 36.3. The number of aryl methyl sites for hydroxylation is 1. The van der Waals surface area contributed by atoms with Crippen molar-refractivity contribution >= 4 is 23.5 Å². The Morgan fingerprint density at radius 2 is 1.79 bits per heavy atom. The van der Waals surface area contributed by atoms with Crippen LogP contribution >= 0.6 is 0 Å². The fourth-order valence-electron chi connectivity index (χ4n) is 2.60. The van der Waals surface area contributed by atoms with E-state index in [1.165, 1.54) is 0 Å². The number of hydrogen-bond donors (Lipinski definition) is 2. The van der Waals surface area contributed by atoms with Gasteiger partial charge in [0.15, 0.2) is 0 Å². The highest BCUT2D eigenvalue weighted by Crippen LogP contribution is 2.21. The van der Waals surface area contributed by atoms with Crippen LogP contribution in [0.3, 0.4) is 0 Å². The van der Waals surface area contributed by atoms with E-state index in [4.69, 9.17) is 4.74 Å². The van der Waals surface area contributed by atoms with Crippen LogP contribution in [0.5, 0.6) is 0 Å². The molecule has 0 fully saturated rings. The van der Waals surface area contributed by atoms with Gasteiger partial charge in [-0.2, -0.15) is 0 Å². The zero-order chi connectivity index (χ0) is 20.7. The Balaban J connectivity index is 2.16. The van der Waals surface area contributed by atoms with E-state index in [1.54, 1.807) is 38.1 Å². The second-order valence-electron chi connectivity index (χ2n) is 5.97. The third-order valence-corrected chi connectivity index (χ3v) is 3.93. The number of benzene rings is 2. The van der Waals surface area contributed by atoms with Crippen molar-refractivity contribution in [3.05, 3.63) is 65.2 Å². The molecule has 0 saturated heterocycles. The first-order valence-electron chi connectivity index (χ1n) is 8.59. The van der Waals surface area contributed by atoms with Crippen molar-refractivity contribution in [3.8, 4) is 0 Å². The number of anilines is 1. The molecule has 0 aliphatic carbocycles. The predicted molar refractivity (Wildman–Crippen MR) is 98.3 cm³/mol. The molecule has 2 aromatic rings. The van der Waals surface area contributed by atoms with Crippen LogP contribution in [0, 0.1) is 18.6 Å². The van der Waals surface area contributed by atoms with Gasteiger partial charge in [-0.15, -0.1) is 0 Å². The van der Waals surface area contributed by atoms with E-state index in [0.29, 0.717) is 5.56 Å². The van der Waals surface area contributed by atoms with Gasteiger partial charge in [-0.3, -0.25) is 14.4 Å². The Morgan fingerprint density at radius 3 is 2.46 bits per heavy atom. The van der Waals surface area contributed by atoms with Crippen LogP contribution < -0.4 is 10.6 Å². The standard InChI is InChI=1S/C20H20F2N2O4/c1-3-28-18(25)11-16(14-7-5-4-6-12(14)2)23-19(26)20(27)24-17-10-13(21)8-9-15(17)22/h4-10,16H,3,11H2,1-2H3,(H,23,26)(H,24,27)/t16-/m1/s1. The molecule has 2 aromatic carbocycles. The van der Waals surface area contributed by atoms with Gasteiger partial charge in [0.05, 0.1) is 24.8 Å². The van der Waals surface area contributed by atoms with Crippen LogP contribution in [-0.4, -0.2) is 24.4 Å². The number of esters is 1. The monoisotopic (exact) mass is 390 g/mol. The number of ether oxygens (including phenoxy) is 1. The van der Waals surface area contributed by atoms with Crippen molar-refractivity contribution in [2.24, 2.45) is 0 Å². The molecule has 0 unspecified atom stereocenters. The summed E-state index contributed by atoms with van der Waals surface area (Å²) in [5.74, 6) is -4.48. The van der Waals surface area contributed by atoms with Crippen molar-refractivity contribution in [2.75, 3.05) is 11.9 Å². The number of carbonyl (C=O) groups excluding carboxylic acids is 3. The van der Waals surface area contributed by atoms with Gasteiger partial charge in [-0.25, -0.2) is 8.78 Å². The third-order valence-electron chi connectivity index (χ3n) is 3.93. The molecule has 0 bridgehead atoms. The van der Waals surface area contributed by atoms with Crippen molar-refractivity contribution in [1.82, 2.24) is 5.32 Å². The summed E-state index contributed by atoms with van der Waals surface area (Å²) in [7, 11) is 0. The van der Waals surface area contributed by atoms with Crippen LogP contribution in [-0.2, 0) is 19.1 Å². The number of carbonyl (C=O) groups is 3. The van der Waals surface area contributed by atoms with E-state index in [2.05, 4.69) is 5.32 Å². The molecule has 6 nitrogen and oxygen atoms in total. The molecule has 2 N–H and O–H groups in total. The van der Waals surface area contributed by atoms with Gasteiger partial charge in [0.25, 0.3) is 0 Å². The fraction of sp³-hybridized carbons (Fsp3) is 0.250. The quantitative estimate of drug-likeness (QED) is 0.587. The minimum absolute atomic E-state index is 0.173. The maximum Gasteiger partial charge on any atom is 0.313 e. The normalized spacial score (nSPS) is 11.4. The molecule has 8 heteroatoms. The van der Waals surface area contributed by atoms with Gasteiger partial charge in [0, 0.05) is 6.07 Å². The molecule has 2 amide bonds. The van der Waals surface area contributed by atoms with Crippen LogP contribution in [0.2, 0.25) is 0 Å². The molecule has 148 valence electrons. The molecule has 0 aromatic heterocycles. The summed E-state index contributed by atoms with van der Waals surface area (Å²) in [5.41, 5.74) is 0.973. The fourth-order valence-corrected chi connectivity index (χ4v) is 2.60. The van der Waals surface area contributed by atoms with Crippen molar-refractivity contribution in [2.45, 2.75) is 26.3 Å². The molecule has 0 spiro atoms. The number of halogens is 2. The maximum atomic E-state index is 13.7. The number of hydrogen-bond acceptors (Lipinski definition) is 4. The van der Waals surface area contributed by atoms with E-state index in [1.807, 2.05) is 5.32 Å². The van der Waals surface area contributed by atoms with Crippen molar-refractivity contribution in [3.63, 3.8) is 0 Å². The van der Waals surface area contributed by atoms with Gasteiger partial charge in [0.1, 0.15) is 11.6 Å². The van der Waals surface area contributed by atoms with Gasteiger partial charge in [0.2, 0.25) is 0 Å². The van der Waals surface area contributed by atoms with E-state index in [9.17, 15) is 23.2 Å². The van der Waals surface area contributed by atoms with E-state index >= 15 is 0 Å². The number of amides is 2. The average molecular weight is 390 g/mol. The lowest BCUT2D eigenvalue weighted by Crippen LogP contribution is -2.39. The summed E-state index contributed by atoms with van der Waals surface area (Å²) in [6.45, 7) is 3.62. The highest BCUT2D eigenvalue weighted by Gasteiger charge is 2.24. The van der Waals surface area contributed by atoms with Gasteiger partial charge >= 0.3 is 17.8 Å². The first kappa shape index (κ1) is 21.0. The van der Waals surface area contributed by atoms with Crippen LogP contribution in [0.4, 0.5) is 14.5 Å². The van der Waals surface area contributed by atoms with E-state index in [0.717, 1.165) is 23.8 Å². The summed E-state index contributed by atoms with van der Waals surface area (Å²) >= 11 is 0. The number of rotatable bonds is 6. The lowest BCUT2D eigenvalue weighted by Gasteiger charge is -2.20. The summed E-state index contributed by atoms with van der Waals surface area (Å²) < 4.78 is 31.8. The highest BCUT2D eigenvalue weighted by molar-refractivity contribution is 6.39. The molecular weight excluding hydrogens is 370 g/mol. The first-order chi connectivity index (χ1) is 13.3. The van der Waals surface area contributed by atoms with E-state index in [-0.39, 0.29) is 13.0 Å². The summed E-state index contributed by atoms with van der Waals surface area (Å²) in [5, 5.41) is 4.47. The van der Waals surface area contributed by atoms with Gasteiger partial charge in [-0.05, 0) is 37.1 Å². The maximum absolute atomic E-state index is 13.7. The minimum atomic E-state index is -1.19. The molecule has 28 heavy (non-hydrogen) atoms.